The average Bonchev–Trinajstić information content (AvgIpc) is 3.16. The van der Waals surface area contributed by atoms with Gasteiger partial charge in [-0.1, -0.05) is 29.7 Å². The summed E-state index contributed by atoms with van der Waals surface area (Å²) < 4.78 is 5.31. The lowest BCUT2D eigenvalue weighted by Crippen LogP contribution is -2.39. The van der Waals surface area contributed by atoms with E-state index in [2.05, 4.69) is 0 Å². The molecule has 0 spiro atoms. The van der Waals surface area contributed by atoms with Gasteiger partial charge in [0.2, 0.25) is 11.8 Å². The topological polar surface area (TPSA) is 138 Å². The van der Waals surface area contributed by atoms with Gasteiger partial charge in [0.05, 0.1) is 24.0 Å². The van der Waals surface area contributed by atoms with Gasteiger partial charge in [-0.3, -0.25) is 28.9 Å². The number of carboxylic acids is 1. The summed E-state index contributed by atoms with van der Waals surface area (Å²) in [5, 5.41) is 19.2. The van der Waals surface area contributed by atoms with Gasteiger partial charge >= 0.3 is 5.97 Å². The first kappa shape index (κ1) is 27.8. The van der Waals surface area contributed by atoms with Gasteiger partial charge in [-0.05, 0) is 62.3 Å². The number of Topliss-reactive ketones (excluding diaryl/α,β-unsaturated/α-hetero) is 1. The van der Waals surface area contributed by atoms with Crippen LogP contribution in [0.2, 0.25) is 5.02 Å². The third kappa shape index (κ3) is 4.56. The van der Waals surface area contributed by atoms with Crippen LogP contribution in [-0.2, 0) is 24.0 Å². The van der Waals surface area contributed by atoms with E-state index in [1.54, 1.807) is 19.1 Å². The van der Waals surface area contributed by atoms with Gasteiger partial charge in [-0.15, -0.1) is 0 Å². The molecule has 4 unspecified atom stereocenters. The molecule has 0 aromatic heterocycles. The number of unbranched alkanes of at least 4 members (excludes halogenated alkanes) is 2. The Hall–Kier alpha value is -3.72. The lowest BCUT2D eigenvalue weighted by molar-refractivity contribution is -0.141. The smallest absolute Gasteiger partial charge is 0.303 e. The minimum Gasteiger partial charge on any atom is -0.503 e. The second-order valence-electron chi connectivity index (χ2n) is 10.8. The summed E-state index contributed by atoms with van der Waals surface area (Å²) >= 11 is 6.33. The second-order valence-corrected chi connectivity index (χ2v) is 11.2. The number of ketones is 2. The predicted molar refractivity (Wildman–Crippen MR) is 144 cm³/mol. The minimum absolute atomic E-state index is 0.0240. The van der Waals surface area contributed by atoms with Crippen molar-refractivity contribution in [1.29, 1.82) is 0 Å². The highest BCUT2D eigenvalue weighted by atomic mass is 35.5. The van der Waals surface area contributed by atoms with Gasteiger partial charge in [0, 0.05) is 35.6 Å². The van der Waals surface area contributed by atoms with Crippen molar-refractivity contribution in [3.05, 3.63) is 57.2 Å². The molecular formula is C30H30ClNO8. The molecule has 9 nitrogen and oxygen atoms in total. The van der Waals surface area contributed by atoms with Crippen molar-refractivity contribution < 1.29 is 38.9 Å². The maximum absolute atomic E-state index is 13.7. The first-order chi connectivity index (χ1) is 19.0. The van der Waals surface area contributed by atoms with E-state index in [9.17, 15) is 29.1 Å². The SMILES string of the molecule is COc1cc(C2C3=CCC4C(=O)N(CCCCCC(=O)O)C(=O)C4C3CC3=C2C(=O)C(C)=CC3=O)cc(Cl)c1O. The van der Waals surface area contributed by atoms with E-state index < -0.39 is 29.6 Å². The number of aromatic hydroxyl groups is 1. The van der Waals surface area contributed by atoms with E-state index in [0.717, 1.165) is 5.57 Å². The fourth-order valence-electron chi connectivity index (χ4n) is 6.67. The standard InChI is InChI=1S/C30H30ClNO8/c1-14-10-21(33)19-13-18-16(24(26(19)27(14)36)15-11-20(31)28(37)22(12-15)40-2)7-8-17-25(18)30(39)32(29(17)38)9-5-3-4-6-23(34)35/h7,10-12,17-18,24-25,37H,3-6,8-9,13H2,1-2H3,(H,34,35). The second kappa shape index (κ2) is 10.7. The van der Waals surface area contributed by atoms with Crippen LogP contribution in [0.25, 0.3) is 0 Å². The van der Waals surface area contributed by atoms with Crippen molar-refractivity contribution in [3.8, 4) is 11.5 Å². The van der Waals surface area contributed by atoms with Crippen LogP contribution >= 0.6 is 11.6 Å². The number of carbonyl (C=O) groups is 5. The zero-order valence-corrected chi connectivity index (χ0v) is 23.0. The molecule has 4 aliphatic rings. The lowest BCUT2D eigenvalue weighted by Gasteiger charge is -2.42. The number of halogens is 1. The summed E-state index contributed by atoms with van der Waals surface area (Å²) in [5.41, 5.74) is 2.31. The van der Waals surface area contributed by atoms with Gasteiger partial charge in [0.1, 0.15) is 0 Å². The van der Waals surface area contributed by atoms with Crippen molar-refractivity contribution in [2.24, 2.45) is 17.8 Å². The van der Waals surface area contributed by atoms with Gasteiger partial charge < -0.3 is 14.9 Å². The van der Waals surface area contributed by atoms with Crippen LogP contribution in [0.3, 0.4) is 0 Å². The molecule has 1 aromatic carbocycles. The number of aliphatic carboxylic acids is 1. The Kier molecular flexibility index (Phi) is 7.44. The number of likely N-dealkylation sites (tertiary alicyclic amines) is 1. The van der Waals surface area contributed by atoms with Crippen molar-refractivity contribution >= 4 is 41.0 Å². The molecule has 40 heavy (non-hydrogen) atoms. The van der Waals surface area contributed by atoms with Crippen LogP contribution in [0.15, 0.2) is 46.6 Å². The Labute approximate surface area is 236 Å². The largest absolute Gasteiger partial charge is 0.503 e. The monoisotopic (exact) mass is 567 g/mol. The zero-order chi connectivity index (χ0) is 28.9. The molecule has 10 heteroatoms. The summed E-state index contributed by atoms with van der Waals surface area (Å²) in [6.07, 6.45) is 5.31. The highest BCUT2D eigenvalue weighted by molar-refractivity contribution is 6.32. The molecule has 1 aromatic rings. The number of allylic oxidation sites excluding steroid dienone is 6. The van der Waals surface area contributed by atoms with Crippen molar-refractivity contribution in [2.45, 2.75) is 51.4 Å². The van der Waals surface area contributed by atoms with E-state index >= 15 is 0 Å². The minimum atomic E-state index is -0.883. The number of benzene rings is 1. The van der Waals surface area contributed by atoms with Gasteiger partial charge in [-0.2, -0.15) is 0 Å². The summed E-state index contributed by atoms with van der Waals surface area (Å²) in [5.74, 6) is -4.53. The van der Waals surface area contributed by atoms with Crippen LogP contribution in [0.5, 0.6) is 11.5 Å². The summed E-state index contributed by atoms with van der Waals surface area (Å²) in [6, 6.07) is 3.13. The van der Waals surface area contributed by atoms with Gasteiger partial charge in [0.15, 0.2) is 23.1 Å². The van der Waals surface area contributed by atoms with Crippen LogP contribution in [0.1, 0.15) is 56.9 Å². The first-order valence-corrected chi connectivity index (χ1v) is 13.8. The molecule has 2 N–H and O–H groups in total. The Balaban J connectivity index is 1.53. The average molecular weight is 568 g/mol. The fourth-order valence-corrected chi connectivity index (χ4v) is 6.88. The Bertz CT molecular complexity index is 1440. The van der Waals surface area contributed by atoms with E-state index in [-0.39, 0.29) is 59.3 Å². The third-order valence-electron chi connectivity index (χ3n) is 8.53. The molecule has 1 aliphatic heterocycles. The summed E-state index contributed by atoms with van der Waals surface area (Å²) in [7, 11) is 1.38. The Morgan fingerprint density at radius 1 is 1.10 bits per heavy atom. The maximum atomic E-state index is 13.7. The fraction of sp³-hybridized carbons (Fsp3) is 0.433. The number of phenolic OH excluding ortho intramolecular Hbond substituents is 1. The quantitative estimate of drug-likeness (QED) is 0.207. The first-order valence-electron chi connectivity index (χ1n) is 13.4. The highest BCUT2D eigenvalue weighted by Crippen LogP contribution is 2.56. The number of ether oxygens (including phenoxy) is 1. The Morgan fingerprint density at radius 3 is 2.55 bits per heavy atom. The number of nitrogens with zero attached hydrogens (tertiary/aromatic N) is 1. The number of carbonyl (C=O) groups excluding carboxylic acids is 4. The van der Waals surface area contributed by atoms with E-state index in [0.29, 0.717) is 48.0 Å². The van der Waals surface area contributed by atoms with Gasteiger partial charge in [-0.25, -0.2) is 0 Å². The van der Waals surface area contributed by atoms with Crippen LogP contribution in [-0.4, -0.2) is 58.1 Å². The van der Waals surface area contributed by atoms with E-state index in [1.807, 2.05) is 6.08 Å². The lowest BCUT2D eigenvalue weighted by atomic mass is 9.59. The van der Waals surface area contributed by atoms with Crippen molar-refractivity contribution in [2.75, 3.05) is 13.7 Å². The number of methoxy groups -OCH3 is 1. The zero-order valence-electron chi connectivity index (χ0n) is 22.2. The molecule has 1 fully saturated rings. The number of amides is 2. The molecule has 3 aliphatic carbocycles. The van der Waals surface area contributed by atoms with E-state index in [4.69, 9.17) is 21.4 Å². The molecule has 4 atom stereocenters. The van der Waals surface area contributed by atoms with Crippen LogP contribution in [0.4, 0.5) is 0 Å². The van der Waals surface area contributed by atoms with E-state index in [1.165, 1.54) is 18.1 Å². The maximum Gasteiger partial charge on any atom is 0.303 e. The number of carboxylic acid groups (broad SMARTS) is 1. The number of phenols is 1. The molecule has 210 valence electrons. The molecule has 0 radical (unpaired) electrons. The molecule has 5 rings (SSSR count). The van der Waals surface area contributed by atoms with Crippen LogP contribution in [0, 0.1) is 17.8 Å². The summed E-state index contributed by atoms with van der Waals surface area (Å²) in [4.78, 5) is 65.8. The molecular weight excluding hydrogens is 538 g/mol. The number of hydrogen-bond donors (Lipinski definition) is 2. The van der Waals surface area contributed by atoms with Gasteiger partial charge in [0.25, 0.3) is 0 Å². The predicted octanol–water partition coefficient (Wildman–Crippen LogP) is 4.13. The number of fused-ring (bicyclic) bond motifs is 3. The molecule has 2 amide bonds. The number of rotatable bonds is 8. The number of imide groups is 1. The normalized spacial score (nSPS) is 25.8. The molecule has 1 heterocycles. The highest BCUT2D eigenvalue weighted by Gasteiger charge is 2.56. The molecule has 1 saturated heterocycles. The van der Waals surface area contributed by atoms with Crippen molar-refractivity contribution in [3.63, 3.8) is 0 Å². The molecule has 0 saturated carbocycles. The molecule has 0 bridgehead atoms. The number of hydrogen-bond acceptors (Lipinski definition) is 7. The third-order valence-corrected chi connectivity index (χ3v) is 8.82. The Morgan fingerprint density at radius 2 is 1.85 bits per heavy atom. The summed E-state index contributed by atoms with van der Waals surface area (Å²) in [6.45, 7) is 1.81. The van der Waals surface area contributed by atoms with Crippen molar-refractivity contribution in [1.82, 2.24) is 4.90 Å². The van der Waals surface area contributed by atoms with Crippen LogP contribution < -0.4 is 4.74 Å².